The summed E-state index contributed by atoms with van der Waals surface area (Å²) in [6, 6.07) is 0. The largest absolute Gasteiger partial charge is 0.409 e. The van der Waals surface area contributed by atoms with Gasteiger partial charge in [0.25, 0.3) is 5.91 Å². The molecule has 0 atom stereocenters. The summed E-state index contributed by atoms with van der Waals surface area (Å²) < 4.78 is 0. The van der Waals surface area contributed by atoms with E-state index in [1.165, 1.54) is 11.3 Å². The van der Waals surface area contributed by atoms with Crippen LogP contribution in [0.15, 0.2) is 10.7 Å². The summed E-state index contributed by atoms with van der Waals surface area (Å²) in [7, 11) is 0. The van der Waals surface area contributed by atoms with Crippen LogP contribution in [0.5, 0.6) is 0 Å². The quantitative estimate of drug-likeness (QED) is 0.332. The molecule has 2 rings (SSSR count). The number of carbonyl (C=O) groups excluding carboxylic acids is 1. The number of nitrogens with zero attached hydrogens (tertiary/aromatic N) is 2. The van der Waals surface area contributed by atoms with E-state index in [1.807, 2.05) is 0 Å². The number of amides is 1. The van der Waals surface area contributed by atoms with Crippen LogP contribution in [0.2, 0.25) is 0 Å². The molecule has 1 aliphatic carbocycles. The number of amidine groups is 1. The number of rotatable bonds is 3. The summed E-state index contributed by atoms with van der Waals surface area (Å²) in [6.07, 6.45) is 3.31. The molecule has 0 unspecified atom stereocenters. The molecule has 0 aromatic carbocycles. The van der Waals surface area contributed by atoms with Crippen molar-refractivity contribution in [3.05, 3.63) is 16.1 Å². The maximum absolute atomic E-state index is 12.2. The maximum Gasteiger partial charge on any atom is 0.264 e. The zero-order chi connectivity index (χ0) is 13.2. The van der Waals surface area contributed by atoms with Crippen molar-refractivity contribution < 1.29 is 10.0 Å². The minimum Gasteiger partial charge on any atom is -0.409 e. The standard InChI is InChI=1S/C11H16N4O2S/c1-7-8(18-6-13-7)9(16)14-11(10(12)15-17)4-2-3-5-11/h6,17H,2-5H2,1H3,(H2,12,15)(H,14,16). The number of aromatic nitrogens is 1. The first-order valence-corrected chi connectivity index (χ1v) is 6.67. The molecule has 1 fully saturated rings. The van der Waals surface area contributed by atoms with Gasteiger partial charge in [-0.3, -0.25) is 4.79 Å². The van der Waals surface area contributed by atoms with Crippen LogP contribution in [0, 0.1) is 6.92 Å². The van der Waals surface area contributed by atoms with Gasteiger partial charge in [0.15, 0.2) is 5.84 Å². The fourth-order valence-corrected chi connectivity index (χ4v) is 3.01. The summed E-state index contributed by atoms with van der Waals surface area (Å²) in [5.41, 5.74) is 7.35. The normalized spacial score (nSPS) is 18.8. The van der Waals surface area contributed by atoms with Crippen LogP contribution >= 0.6 is 11.3 Å². The Morgan fingerprint density at radius 3 is 2.78 bits per heavy atom. The molecule has 0 spiro atoms. The van der Waals surface area contributed by atoms with Gasteiger partial charge in [-0.25, -0.2) is 4.98 Å². The summed E-state index contributed by atoms with van der Waals surface area (Å²) in [5, 5.41) is 14.8. The number of hydrogen-bond donors (Lipinski definition) is 3. The predicted octanol–water partition coefficient (Wildman–Crippen LogP) is 1.24. The van der Waals surface area contributed by atoms with Gasteiger partial charge in [0, 0.05) is 0 Å². The number of hydrogen-bond acceptors (Lipinski definition) is 5. The van der Waals surface area contributed by atoms with Gasteiger partial charge < -0.3 is 16.3 Å². The highest BCUT2D eigenvalue weighted by Gasteiger charge is 2.40. The first kappa shape index (κ1) is 12.8. The van der Waals surface area contributed by atoms with Crippen LogP contribution in [-0.2, 0) is 0 Å². The fraction of sp³-hybridized carbons (Fsp3) is 0.545. The zero-order valence-corrected chi connectivity index (χ0v) is 11.0. The lowest BCUT2D eigenvalue weighted by Crippen LogP contribution is -2.55. The van der Waals surface area contributed by atoms with Gasteiger partial charge in [0.05, 0.1) is 11.2 Å². The Morgan fingerprint density at radius 1 is 1.61 bits per heavy atom. The topological polar surface area (TPSA) is 101 Å². The Morgan fingerprint density at radius 2 is 2.28 bits per heavy atom. The highest BCUT2D eigenvalue weighted by Crippen LogP contribution is 2.30. The first-order valence-electron chi connectivity index (χ1n) is 5.80. The molecule has 1 heterocycles. The average molecular weight is 268 g/mol. The molecular weight excluding hydrogens is 252 g/mol. The smallest absolute Gasteiger partial charge is 0.264 e. The van der Waals surface area contributed by atoms with E-state index in [-0.39, 0.29) is 11.7 Å². The van der Waals surface area contributed by atoms with E-state index in [0.717, 1.165) is 12.8 Å². The summed E-state index contributed by atoms with van der Waals surface area (Å²) >= 11 is 1.29. The molecule has 1 amide bonds. The summed E-state index contributed by atoms with van der Waals surface area (Å²) in [6.45, 7) is 1.79. The molecule has 1 aromatic heterocycles. The fourth-order valence-electron chi connectivity index (χ4n) is 2.31. The van der Waals surface area contributed by atoms with E-state index < -0.39 is 5.54 Å². The highest BCUT2D eigenvalue weighted by atomic mass is 32.1. The Kier molecular flexibility index (Phi) is 3.51. The van der Waals surface area contributed by atoms with Gasteiger partial charge in [-0.05, 0) is 19.8 Å². The van der Waals surface area contributed by atoms with E-state index in [9.17, 15) is 4.79 Å². The third kappa shape index (κ3) is 2.17. The molecule has 0 radical (unpaired) electrons. The van der Waals surface area contributed by atoms with Gasteiger partial charge in [-0.1, -0.05) is 18.0 Å². The Balaban J connectivity index is 2.21. The van der Waals surface area contributed by atoms with Crippen LogP contribution in [0.4, 0.5) is 0 Å². The van der Waals surface area contributed by atoms with E-state index in [2.05, 4.69) is 15.5 Å². The van der Waals surface area contributed by atoms with Crippen molar-refractivity contribution in [2.24, 2.45) is 10.9 Å². The van der Waals surface area contributed by atoms with Crippen LogP contribution in [0.1, 0.15) is 41.0 Å². The average Bonchev–Trinajstić information content (AvgIpc) is 2.97. The summed E-state index contributed by atoms with van der Waals surface area (Å²) in [4.78, 5) is 16.8. The number of oxime groups is 1. The maximum atomic E-state index is 12.2. The molecule has 0 saturated heterocycles. The van der Waals surface area contributed by atoms with Crippen LogP contribution in [0.25, 0.3) is 0 Å². The molecule has 6 nitrogen and oxygen atoms in total. The third-order valence-corrected chi connectivity index (χ3v) is 4.29. The Hall–Kier alpha value is -1.63. The zero-order valence-electron chi connectivity index (χ0n) is 10.1. The van der Waals surface area contributed by atoms with Crippen molar-refractivity contribution in [2.45, 2.75) is 38.1 Å². The van der Waals surface area contributed by atoms with E-state index in [0.29, 0.717) is 23.4 Å². The molecule has 4 N–H and O–H groups in total. The minimum absolute atomic E-state index is 0.0792. The lowest BCUT2D eigenvalue weighted by molar-refractivity contribution is 0.0926. The van der Waals surface area contributed by atoms with Crippen molar-refractivity contribution in [3.8, 4) is 0 Å². The van der Waals surface area contributed by atoms with Crippen molar-refractivity contribution in [3.63, 3.8) is 0 Å². The number of carbonyl (C=O) groups is 1. The van der Waals surface area contributed by atoms with Crippen LogP contribution < -0.4 is 11.1 Å². The minimum atomic E-state index is -0.706. The molecule has 18 heavy (non-hydrogen) atoms. The molecule has 1 aliphatic rings. The van der Waals surface area contributed by atoms with Crippen LogP contribution in [0.3, 0.4) is 0 Å². The van der Waals surface area contributed by atoms with Crippen molar-refractivity contribution >= 4 is 23.1 Å². The second kappa shape index (κ2) is 4.93. The van der Waals surface area contributed by atoms with E-state index >= 15 is 0 Å². The lowest BCUT2D eigenvalue weighted by Gasteiger charge is -2.28. The molecule has 98 valence electrons. The third-order valence-electron chi connectivity index (χ3n) is 3.36. The second-order valence-electron chi connectivity index (χ2n) is 4.50. The Labute approximate surface area is 109 Å². The van der Waals surface area contributed by atoms with Crippen LogP contribution in [-0.4, -0.2) is 27.5 Å². The van der Waals surface area contributed by atoms with Crippen molar-refractivity contribution in [1.29, 1.82) is 0 Å². The SMILES string of the molecule is Cc1ncsc1C(=O)NC1(/C(N)=N/O)CCCC1. The predicted molar refractivity (Wildman–Crippen MR) is 68.9 cm³/mol. The first-order chi connectivity index (χ1) is 8.59. The second-order valence-corrected chi connectivity index (χ2v) is 5.35. The summed E-state index contributed by atoms with van der Waals surface area (Å²) in [5.74, 6) is -0.126. The van der Waals surface area contributed by atoms with Gasteiger partial charge in [0.1, 0.15) is 10.4 Å². The number of thiazole rings is 1. The monoisotopic (exact) mass is 268 g/mol. The van der Waals surface area contributed by atoms with Gasteiger partial charge in [-0.2, -0.15) is 0 Å². The molecule has 7 heteroatoms. The van der Waals surface area contributed by atoms with E-state index in [4.69, 9.17) is 10.9 Å². The van der Waals surface area contributed by atoms with E-state index in [1.54, 1.807) is 12.4 Å². The molecule has 1 saturated carbocycles. The van der Waals surface area contributed by atoms with Crippen molar-refractivity contribution in [2.75, 3.05) is 0 Å². The Bertz CT molecular complexity index is 477. The van der Waals surface area contributed by atoms with Crippen molar-refractivity contribution in [1.82, 2.24) is 10.3 Å². The number of nitrogens with two attached hydrogens (primary N) is 1. The lowest BCUT2D eigenvalue weighted by atomic mass is 9.96. The van der Waals surface area contributed by atoms with Gasteiger partial charge >= 0.3 is 0 Å². The molecule has 0 bridgehead atoms. The number of aryl methyl sites for hydroxylation is 1. The highest BCUT2D eigenvalue weighted by molar-refractivity contribution is 7.11. The molecular formula is C11H16N4O2S. The van der Waals surface area contributed by atoms with Gasteiger partial charge in [0.2, 0.25) is 0 Å². The molecule has 1 aromatic rings. The molecule has 0 aliphatic heterocycles. The number of nitrogens with one attached hydrogen (secondary N) is 1. The van der Waals surface area contributed by atoms with Gasteiger partial charge in [-0.15, -0.1) is 11.3 Å².